The summed E-state index contributed by atoms with van der Waals surface area (Å²) in [6, 6.07) is 21.7. The summed E-state index contributed by atoms with van der Waals surface area (Å²) in [5, 5.41) is 10.9. The number of ether oxygens (including phenoxy) is 1. The molecule has 0 unspecified atom stereocenters. The van der Waals surface area contributed by atoms with E-state index in [0.29, 0.717) is 24.5 Å². The smallest absolute Gasteiger partial charge is 0.338 e. The third kappa shape index (κ3) is 6.37. The van der Waals surface area contributed by atoms with Crippen molar-refractivity contribution in [3.05, 3.63) is 84.4 Å². The summed E-state index contributed by atoms with van der Waals surface area (Å²) in [4.78, 5) is 24.6. The van der Waals surface area contributed by atoms with E-state index < -0.39 is 28.5 Å². The first-order valence-electron chi connectivity index (χ1n) is 11.1. The molecule has 0 bridgehead atoms. The molecule has 0 saturated carbocycles. The molecule has 3 aromatic carbocycles. The van der Waals surface area contributed by atoms with Crippen LogP contribution in [0.25, 0.3) is 0 Å². The van der Waals surface area contributed by atoms with Crippen molar-refractivity contribution in [3.63, 3.8) is 0 Å². The topological polar surface area (TPSA) is 118 Å². The lowest BCUT2D eigenvalue weighted by Gasteiger charge is -2.15. The van der Waals surface area contributed by atoms with E-state index >= 15 is 0 Å². The summed E-state index contributed by atoms with van der Waals surface area (Å²) in [5.41, 5.74) is 1.91. The Morgan fingerprint density at radius 1 is 0.857 bits per heavy atom. The summed E-state index contributed by atoms with van der Waals surface area (Å²) in [6.07, 6.45) is 1.63. The van der Waals surface area contributed by atoms with Gasteiger partial charge in [0, 0.05) is 18.8 Å². The minimum absolute atomic E-state index is 0.0304. The molecule has 1 N–H and O–H groups in total. The van der Waals surface area contributed by atoms with Gasteiger partial charge in [0.15, 0.2) is 6.61 Å². The lowest BCUT2D eigenvalue weighted by molar-refractivity contribution is -0.119. The quantitative estimate of drug-likeness (QED) is 0.362. The van der Waals surface area contributed by atoms with E-state index in [-0.39, 0.29) is 10.5 Å². The average molecular weight is 493 g/mol. The first kappa shape index (κ1) is 24.2. The number of esters is 1. The zero-order chi connectivity index (χ0) is 24.7. The Balaban J connectivity index is 1.30. The lowest BCUT2D eigenvalue weighted by atomic mass is 10.2. The summed E-state index contributed by atoms with van der Waals surface area (Å²) >= 11 is 0. The molecular weight excluding hydrogens is 468 g/mol. The highest BCUT2D eigenvalue weighted by Crippen LogP contribution is 2.22. The van der Waals surface area contributed by atoms with E-state index in [1.165, 1.54) is 28.6 Å². The standard InChI is InChI=1S/C25H24N4O5S/c30-24(26-20-11-13-22(14-12-20)28-27-21-8-2-1-3-9-21)18-34-25(31)19-7-6-10-23(17-19)35(32,33)29-15-4-5-16-29/h1-3,6-14,17H,4-5,15-16,18H2,(H,26,30). The predicted molar refractivity (Wildman–Crippen MR) is 130 cm³/mol. The van der Waals surface area contributed by atoms with Gasteiger partial charge in [-0.1, -0.05) is 24.3 Å². The fourth-order valence-corrected chi connectivity index (χ4v) is 5.06. The molecular formula is C25H24N4O5S. The second-order valence-corrected chi connectivity index (χ2v) is 9.78. The molecule has 1 saturated heterocycles. The van der Waals surface area contributed by atoms with E-state index in [4.69, 9.17) is 4.74 Å². The number of nitrogens with zero attached hydrogens (tertiary/aromatic N) is 3. The Labute approximate surface area is 203 Å². The van der Waals surface area contributed by atoms with Crippen LogP contribution in [0.4, 0.5) is 17.1 Å². The van der Waals surface area contributed by atoms with Crippen molar-refractivity contribution in [1.29, 1.82) is 0 Å². The molecule has 4 rings (SSSR count). The first-order chi connectivity index (χ1) is 16.9. The predicted octanol–water partition coefficient (Wildman–Crippen LogP) is 4.68. The van der Waals surface area contributed by atoms with Crippen LogP contribution in [0.2, 0.25) is 0 Å². The molecule has 1 aliphatic heterocycles. The molecule has 1 amide bonds. The second kappa shape index (κ2) is 11.0. The zero-order valence-electron chi connectivity index (χ0n) is 18.8. The molecule has 1 heterocycles. The SMILES string of the molecule is O=C(COC(=O)c1cccc(S(=O)(=O)N2CCCC2)c1)Nc1ccc(N=Nc2ccccc2)cc1. The van der Waals surface area contributed by atoms with Crippen molar-refractivity contribution < 1.29 is 22.7 Å². The Bertz CT molecular complexity index is 1320. The van der Waals surface area contributed by atoms with Gasteiger partial charge in [0.2, 0.25) is 10.0 Å². The summed E-state index contributed by atoms with van der Waals surface area (Å²) in [6.45, 7) is 0.416. The van der Waals surface area contributed by atoms with Gasteiger partial charge < -0.3 is 10.1 Å². The molecule has 10 heteroatoms. The van der Waals surface area contributed by atoms with Crippen LogP contribution in [0.3, 0.4) is 0 Å². The highest BCUT2D eigenvalue weighted by atomic mass is 32.2. The molecule has 1 aliphatic rings. The number of carbonyl (C=O) groups excluding carboxylic acids is 2. The van der Waals surface area contributed by atoms with Crippen molar-refractivity contribution in [2.75, 3.05) is 25.0 Å². The van der Waals surface area contributed by atoms with E-state index in [9.17, 15) is 18.0 Å². The Morgan fingerprint density at radius 3 is 2.20 bits per heavy atom. The van der Waals surface area contributed by atoms with Crippen LogP contribution in [0, 0.1) is 0 Å². The van der Waals surface area contributed by atoms with Crippen LogP contribution < -0.4 is 5.32 Å². The Hall–Kier alpha value is -3.89. The fraction of sp³-hybridized carbons (Fsp3) is 0.200. The minimum Gasteiger partial charge on any atom is -0.452 e. The summed E-state index contributed by atoms with van der Waals surface area (Å²) in [5.74, 6) is -1.31. The van der Waals surface area contributed by atoms with Crippen molar-refractivity contribution in [2.24, 2.45) is 10.2 Å². The van der Waals surface area contributed by atoms with E-state index in [0.717, 1.165) is 18.5 Å². The van der Waals surface area contributed by atoms with Gasteiger partial charge in [0.1, 0.15) is 0 Å². The minimum atomic E-state index is -3.66. The number of hydrogen-bond acceptors (Lipinski definition) is 7. The van der Waals surface area contributed by atoms with Crippen LogP contribution in [0.1, 0.15) is 23.2 Å². The third-order valence-electron chi connectivity index (χ3n) is 5.30. The average Bonchev–Trinajstić information content (AvgIpc) is 3.44. The number of carbonyl (C=O) groups is 2. The molecule has 1 fully saturated rings. The molecule has 0 atom stereocenters. The van der Waals surface area contributed by atoms with Gasteiger partial charge in [-0.2, -0.15) is 14.5 Å². The largest absolute Gasteiger partial charge is 0.452 e. The van der Waals surface area contributed by atoms with Gasteiger partial charge in [0.25, 0.3) is 5.91 Å². The van der Waals surface area contributed by atoms with Crippen LogP contribution >= 0.6 is 0 Å². The molecule has 0 radical (unpaired) electrons. The van der Waals surface area contributed by atoms with Crippen molar-refractivity contribution in [3.8, 4) is 0 Å². The van der Waals surface area contributed by atoms with E-state index in [1.807, 2.05) is 30.3 Å². The number of benzene rings is 3. The van der Waals surface area contributed by atoms with Gasteiger partial charge in [-0.05, 0) is 67.4 Å². The number of nitrogens with one attached hydrogen (secondary N) is 1. The number of hydrogen-bond donors (Lipinski definition) is 1. The van der Waals surface area contributed by atoms with Gasteiger partial charge in [-0.15, -0.1) is 0 Å². The molecule has 3 aromatic rings. The summed E-state index contributed by atoms with van der Waals surface area (Å²) < 4.78 is 31.9. The Kier molecular flexibility index (Phi) is 7.64. The molecule has 180 valence electrons. The number of rotatable bonds is 8. The van der Waals surface area contributed by atoms with Crippen molar-refractivity contribution in [1.82, 2.24) is 4.31 Å². The zero-order valence-corrected chi connectivity index (χ0v) is 19.6. The van der Waals surface area contributed by atoms with Crippen LogP contribution in [0.5, 0.6) is 0 Å². The van der Waals surface area contributed by atoms with Crippen LogP contribution in [0.15, 0.2) is 94.0 Å². The molecule has 0 spiro atoms. The number of sulfonamides is 1. The maximum Gasteiger partial charge on any atom is 0.338 e. The van der Waals surface area contributed by atoms with Gasteiger partial charge in [-0.25, -0.2) is 13.2 Å². The van der Waals surface area contributed by atoms with Crippen molar-refractivity contribution in [2.45, 2.75) is 17.7 Å². The maximum atomic E-state index is 12.7. The van der Waals surface area contributed by atoms with E-state index in [2.05, 4.69) is 15.5 Å². The van der Waals surface area contributed by atoms with Gasteiger partial charge in [0.05, 0.1) is 21.8 Å². The van der Waals surface area contributed by atoms with Crippen LogP contribution in [-0.4, -0.2) is 44.3 Å². The normalized spacial score (nSPS) is 14.2. The number of amides is 1. The molecule has 35 heavy (non-hydrogen) atoms. The molecule has 0 aromatic heterocycles. The monoisotopic (exact) mass is 492 g/mol. The lowest BCUT2D eigenvalue weighted by Crippen LogP contribution is -2.28. The van der Waals surface area contributed by atoms with Crippen LogP contribution in [-0.2, 0) is 19.6 Å². The highest BCUT2D eigenvalue weighted by Gasteiger charge is 2.27. The van der Waals surface area contributed by atoms with Gasteiger partial charge in [-0.3, -0.25) is 4.79 Å². The third-order valence-corrected chi connectivity index (χ3v) is 7.19. The van der Waals surface area contributed by atoms with Gasteiger partial charge >= 0.3 is 5.97 Å². The van der Waals surface area contributed by atoms with E-state index in [1.54, 1.807) is 24.3 Å². The fourth-order valence-electron chi connectivity index (χ4n) is 3.49. The molecule has 9 nitrogen and oxygen atoms in total. The number of azo groups is 1. The second-order valence-electron chi connectivity index (χ2n) is 7.85. The highest BCUT2D eigenvalue weighted by molar-refractivity contribution is 7.89. The molecule has 0 aliphatic carbocycles. The maximum absolute atomic E-state index is 12.7. The Morgan fingerprint density at radius 2 is 1.51 bits per heavy atom. The first-order valence-corrected chi connectivity index (χ1v) is 12.5. The van der Waals surface area contributed by atoms with Crippen molar-refractivity contribution >= 4 is 39.0 Å². The number of anilines is 1. The summed E-state index contributed by atoms with van der Waals surface area (Å²) in [7, 11) is -3.66.